The van der Waals surface area contributed by atoms with Crippen LogP contribution in [0, 0.1) is 11.3 Å². The molecule has 0 radical (unpaired) electrons. The van der Waals surface area contributed by atoms with E-state index in [1.54, 1.807) is 42.6 Å². The molecule has 0 saturated carbocycles. The molecule has 168 valence electrons. The van der Waals surface area contributed by atoms with Crippen molar-refractivity contribution in [1.29, 1.82) is 5.26 Å². The fourth-order valence-electron chi connectivity index (χ4n) is 3.42. The highest BCUT2D eigenvalue weighted by atomic mass is 35.5. The van der Waals surface area contributed by atoms with Crippen molar-refractivity contribution in [1.82, 2.24) is 9.97 Å². The number of alkyl halides is 3. The molecule has 0 aliphatic rings. The number of nitrogens with zero attached hydrogens (tertiary/aromatic N) is 2. The molecule has 0 aliphatic carbocycles. The van der Waals surface area contributed by atoms with Gasteiger partial charge in [0.05, 0.1) is 11.6 Å². The van der Waals surface area contributed by atoms with Gasteiger partial charge in [-0.1, -0.05) is 54.6 Å². The van der Waals surface area contributed by atoms with Gasteiger partial charge in [-0.25, -0.2) is 4.98 Å². The van der Waals surface area contributed by atoms with Crippen LogP contribution in [-0.2, 0) is 12.8 Å². The third-order valence-electron chi connectivity index (χ3n) is 4.91. The quantitative estimate of drug-likeness (QED) is 0.353. The summed E-state index contributed by atoms with van der Waals surface area (Å²) in [4.78, 5) is 7.72. The van der Waals surface area contributed by atoms with Crippen LogP contribution in [-0.4, -0.2) is 16.3 Å². The maximum atomic E-state index is 12.7. The second kappa shape index (κ2) is 10.2. The van der Waals surface area contributed by atoms with Crippen molar-refractivity contribution in [3.8, 4) is 22.9 Å². The molecule has 0 spiro atoms. The fraction of sp³-hybridized carbons (Fsp3) is 0.120. The highest BCUT2D eigenvalue weighted by Crippen LogP contribution is 2.33. The van der Waals surface area contributed by atoms with Crippen molar-refractivity contribution in [2.75, 3.05) is 0 Å². The number of aromatic nitrogens is 2. The third-order valence-corrected chi connectivity index (χ3v) is 4.91. The molecule has 0 fully saturated rings. The van der Waals surface area contributed by atoms with Crippen LogP contribution in [0.15, 0.2) is 79.0 Å². The van der Waals surface area contributed by atoms with E-state index in [2.05, 4.69) is 20.8 Å². The second-order valence-corrected chi connectivity index (χ2v) is 7.26. The van der Waals surface area contributed by atoms with Crippen molar-refractivity contribution < 1.29 is 17.9 Å². The van der Waals surface area contributed by atoms with Gasteiger partial charge in [-0.05, 0) is 34.9 Å². The highest BCUT2D eigenvalue weighted by molar-refractivity contribution is 5.85. The number of nitriles is 1. The molecule has 3 aromatic carbocycles. The number of ether oxygens (including phenoxy) is 1. The summed E-state index contributed by atoms with van der Waals surface area (Å²) in [6.45, 7) is 0. The van der Waals surface area contributed by atoms with E-state index in [0.29, 0.717) is 29.5 Å². The first-order valence-electron chi connectivity index (χ1n) is 9.85. The Hall–Kier alpha value is -3.76. The zero-order valence-electron chi connectivity index (χ0n) is 17.3. The van der Waals surface area contributed by atoms with E-state index in [9.17, 15) is 13.2 Å². The van der Waals surface area contributed by atoms with Crippen molar-refractivity contribution >= 4 is 12.4 Å². The largest absolute Gasteiger partial charge is 0.573 e. The number of hydrogen-bond acceptors (Lipinski definition) is 3. The molecular formula is C25H19ClF3N3O. The predicted octanol–water partition coefficient (Wildman–Crippen LogP) is 6.45. The number of hydrogen-bond donors (Lipinski definition) is 1. The van der Waals surface area contributed by atoms with E-state index < -0.39 is 6.36 Å². The van der Waals surface area contributed by atoms with Gasteiger partial charge in [-0.15, -0.1) is 25.6 Å². The molecule has 0 amide bonds. The van der Waals surface area contributed by atoms with E-state index >= 15 is 0 Å². The van der Waals surface area contributed by atoms with Crippen LogP contribution in [0.3, 0.4) is 0 Å². The second-order valence-electron chi connectivity index (χ2n) is 7.26. The summed E-state index contributed by atoms with van der Waals surface area (Å²) in [5.74, 6) is 0.563. The first-order valence-corrected chi connectivity index (χ1v) is 9.85. The van der Waals surface area contributed by atoms with E-state index in [1.807, 2.05) is 24.3 Å². The Morgan fingerprint density at radius 1 is 0.879 bits per heavy atom. The average Bonchev–Trinajstić information content (AvgIpc) is 3.21. The molecule has 4 rings (SSSR count). The Labute approximate surface area is 195 Å². The summed E-state index contributed by atoms with van der Waals surface area (Å²) in [5, 5.41) is 8.88. The predicted molar refractivity (Wildman–Crippen MR) is 121 cm³/mol. The summed E-state index contributed by atoms with van der Waals surface area (Å²) in [6.07, 6.45) is -1.72. The van der Waals surface area contributed by atoms with E-state index in [4.69, 9.17) is 5.26 Å². The lowest BCUT2D eigenvalue weighted by molar-refractivity contribution is -0.274. The summed E-state index contributed by atoms with van der Waals surface area (Å²) in [5.41, 5.74) is 4.63. The summed E-state index contributed by atoms with van der Waals surface area (Å²) < 4.78 is 42.2. The lowest BCUT2D eigenvalue weighted by atomic mass is 10.0. The van der Waals surface area contributed by atoms with Crippen LogP contribution in [0.1, 0.15) is 28.2 Å². The summed E-state index contributed by atoms with van der Waals surface area (Å²) >= 11 is 0. The Balaban J connectivity index is 0.00000306. The molecule has 0 atom stereocenters. The summed E-state index contributed by atoms with van der Waals surface area (Å²) in [6, 6.07) is 22.8. The monoisotopic (exact) mass is 469 g/mol. The van der Waals surface area contributed by atoms with Crippen LogP contribution in [0.25, 0.3) is 11.1 Å². The molecule has 8 heteroatoms. The van der Waals surface area contributed by atoms with Gasteiger partial charge in [0.2, 0.25) is 0 Å². The number of imidazole rings is 1. The minimum atomic E-state index is -4.75. The number of nitrogens with one attached hydrogen (secondary N) is 1. The number of benzene rings is 3. The van der Waals surface area contributed by atoms with Gasteiger partial charge >= 0.3 is 6.36 Å². The highest BCUT2D eigenvalue weighted by Gasteiger charge is 2.32. The Morgan fingerprint density at radius 2 is 1.52 bits per heavy atom. The zero-order chi connectivity index (χ0) is 22.6. The van der Waals surface area contributed by atoms with Crippen molar-refractivity contribution in [2.45, 2.75) is 19.2 Å². The van der Waals surface area contributed by atoms with Crippen molar-refractivity contribution in [3.63, 3.8) is 0 Å². The smallest absolute Gasteiger partial charge is 0.405 e. The minimum absolute atomic E-state index is 0. The Kier molecular flexibility index (Phi) is 7.41. The van der Waals surface area contributed by atoms with E-state index in [0.717, 1.165) is 22.6 Å². The van der Waals surface area contributed by atoms with Gasteiger partial charge in [0, 0.05) is 30.3 Å². The lowest BCUT2D eigenvalue weighted by Crippen LogP contribution is -2.17. The Bertz CT molecular complexity index is 1240. The van der Waals surface area contributed by atoms with Gasteiger partial charge in [-0.3, -0.25) is 0 Å². The Morgan fingerprint density at radius 3 is 2.18 bits per heavy atom. The van der Waals surface area contributed by atoms with Gasteiger partial charge in [0.1, 0.15) is 11.6 Å². The molecule has 0 bridgehead atoms. The lowest BCUT2D eigenvalue weighted by Gasteiger charge is -2.13. The van der Waals surface area contributed by atoms with Gasteiger partial charge in [0.15, 0.2) is 0 Å². The van der Waals surface area contributed by atoms with E-state index in [-0.39, 0.29) is 18.2 Å². The molecule has 4 nitrogen and oxygen atoms in total. The van der Waals surface area contributed by atoms with Crippen LogP contribution < -0.4 is 4.74 Å². The first-order chi connectivity index (χ1) is 15.4. The third kappa shape index (κ3) is 6.37. The number of para-hydroxylation sites is 1. The summed E-state index contributed by atoms with van der Waals surface area (Å²) in [7, 11) is 0. The van der Waals surface area contributed by atoms with Crippen LogP contribution in [0.2, 0.25) is 0 Å². The van der Waals surface area contributed by atoms with Gasteiger partial charge in [0.25, 0.3) is 0 Å². The first kappa shape index (κ1) is 23.9. The normalized spacial score (nSPS) is 10.8. The molecule has 0 unspecified atom stereocenters. The number of H-pyrrole nitrogens is 1. The molecule has 0 aliphatic heterocycles. The fourth-order valence-corrected chi connectivity index (χ4v) is 3.42. The SMILES string of the molecule is Cl.N#Cc1ccc(Cc2cnc(Cc3ccc(-c4ccccc4OC(F)(F)F)cc3)[nH]2)cc1. The maximum Gasteiger partial charge on any atom is 0.573 e. The maximum absolute atomic E-state index is 12.7. The van der Waals surface area contributed by atoms with Crippen molar-refractivity contribution in [2.24, 2.45) is 0 Å². The van der Waals surface area contributed by atoms with Gasteiger partial charge in [-0.2, -0.15) is 5.26 Å². The standard InChI is InChI=1S/C25H18F3N3O.ClH/c26-25(27,28)32-23-4-2-1-3-22(23)20-11-9-18(10-12-20)14-24-30-16-21(31-24)13-17-5-7-19(15-29)8-6-17;/h1-12,16H,13-14H2,(H,30,31);1H. The molecule has 0 saturated heterocycles. The van der Waals surface area contributed by atoms with Gasteiger partial charge < -0.3 is 9.72 Å². The van der Waals surface area contributed by atoms with Crippen molar-refractivity contribution in [3.05, 3.63) is 107 Å². The minimum Gasteiger partial charge on any atom is -0.405 e. The van der Waals surface area contributed by atoms with Crippen LogP contribution >= 0.6 is 12.4 Å². The topological polar surface area (TPSA) is 61.7 Å². The molecule has 33 heavy (non-hydrogen) atoms. The molecular weight excluding hydrogens is 451 g/mol. The van der Waals surface area contributed by atoms with E-state index in [1.165, 1.54) is 12.1 Å². The van der Waals surface area contributed by atoms with Crippen LogP contribution in [0.4, 0.5) is 13.2 Å². The molecule has 4 aromatic rings. The molecule has 1 aromatic heterocycles. The molecule has 1 heterocycles. The number of halogens is 4. The zero-order valence-corrected chi connectivity index (χ0v) is 18.1. The number of aromatic amines is 1. The van der Waals surface area contributed by atoms with Crippen LogP contribution in [0.5, 0.6) is 5.75 Å². The average molecular weight is 470 g/mol. The number of rotatable bonds is 6. The molecule has 1 N–H and O–H groups in total.